The molecule has 0 unspecified atom stereocenters. The molecule has 4 heteroatoms. The lowest BCUT2D eigenvalue weighted by Crippen LogP contribution is -2.16. The summed E-state index contributed by atoms with van der Waals surface area (Å²) < 4.78 is 6.71. The van der Waals surface area contributed by atoms with Crippen LogP contribution in [-0.4, -0.2) is 16.4 Å². The highest BCUT2D eigenvalue weighted by molar-refractivity contribution is 6.02. The van der Waals surface area contributed by atoms with E-state index in [1.807, 2.05) is 54.6 Å². The molecule has 3 aromatic rings. The third kappa shape index (κ3) is 2.63. The predicted molar refractivity (Wildman–Crippen MR) is 83.8 cm³/mol. The third-order valence-corrected chi connectivity index (χ3v) is 3.45. The van der Waals surface area contributed by atoms with Gasteiger partial charge in [0.25, 0.3) is 0 Å². The van der Waals surface area contributed by atoms with Crippen LogP contribution in [0.5, 0.6) is 0 Å². The van der Waals surface area contributed by atoms with E-state index in [1.165, 1.54) is 11.5 Å². The fourth-order valence-electron chi connectivity index (χ4n) is 2.44. The summed E-state index contributed by atoms with van der Waals surface area (Å²) in [7, 11) is 0. The van der Waals surface area contributed by atoms with Gasteiger partial charge in [-0.2, -0.15) is 0 Å². The number of hydrogen-bond acceptors (Lipinski definition) is 3. The van der Waals surface area contributed by atoms with E-state index >= 15 is 0 Å². The second kappa shape index (κ2) is 5.85. The van der Waals surface area contributed by atoms with Gasteiger partial charge in [0, 0.05) is 12.3 Å². The van der Waals surface area contributed by atoms with Gasteiger partial charge in [-0.15, -0.1) is 0 Å². The van der Waals surface area contributed by atoms with Gasteiger partial charge in [-0.25, -0.2) is 4.79 Å². The standard InChI is InChI=1S/C18H15NO3/c1-13(20)19-16-10-6-5-9-15(16)11-17(19)18(21)22-12-14-7-3-2-4-8-14/h2-11H,12H2,1H3. The molecule has 2 aromatic carbocycles. The van der Waals surface area contributed by atoms with Crippen molar-refractivity contribution in [2.24, 2.45) is 0 Å². The molecule has 0 radical (unpaired) electrons. The van der Waals surface area contributed by atoms with Crippen LogP contribution in [-0.2, 0) is 11.3 Å². The molecule has 22 heavy (non-hydrogen) atoms. The Labute approximate surface area is 127 Å². The summed E-state index contributed by atoms with van der Waals surface area (Å²) in [6, 6.07) is 18.5. The average molecular weight is 293 g/mol. The minimum absolute atomic E-state index is 0.180. The first kappa shape index (κ1) is 14.1. The molecule has 0 aliphatic rings. The number of carbonyl (C=O) groups is 2. The van der Waals surface area contributed by atoms with E-state index in [0.29, 0.717) is 5.52 Å². The Hall–Kier alpha value is -2.88. The summed E-state index contributed by atoms with van der Waals surface area (Å²) in [4.78, 5) is 24.2. The molecule has 0 aliphatic carbocycles. The van der Waals surface area contributed by atoms with Gasteiger partial charge in [0.05, 0.1) is 5.52 Å². The normalized spacial score (nSPS) is 10.6. The van der Waals surface area contributed by atoms with Crippen LogP contribution in [0.25, 0.3) is 10.9 Å². The summed E-state index contributed by atoms with van der Waals surface area (Å²) in [5.74, 6) is -0.719. The summed E-state index contributed by atoms with van der Waals surface area (Å²) >= 11 is 0. The number of hydrogen-bond donors (Lipinski definition) is 0. The van der Waals surface area contributed by atoms with Crippen molar-refractivity contribution < 1.29 is 14.3 Å². The fourth-order valence-corrected chi connectivity index (χ4v) is 2.44. The molecule has 0 N–H and O–H groups in total. The SMILES string of the molecule is CC(=O)n1c(C(=O)OCc2ccccc2)cc2ccccc21. The smallest absolute Gasteiger partial charge is 0.355 e. The van der Waals surface area contributed by atoms with Crippen molar-refractivity contribution in [2.45, 2.75) is 13.5 Å². The molecule has 1 heterocycles. The first-order valence-electron chi connectivity index (χ1n) is 6.99. The molecule has 0 fully saturated rings. The number of fused-ring (bicyclic) bond motifs is 1. The molecule has 0 saturated heterocycles. The second-order valence-corrected chi connectivity index (χ2v) is 5.00. The van der Waals surface area contributed by atoms with Crippen molar-refractivity contribution >= 4 is 22.8 Å². The van der Waals surface area contributed by atoms with Crippen LogP contribution in [0.15, 0.2) is 60.7 Å². The van der Waals surface area contributed by atoms with Gasteiger partial charge in [0.15, 0.2) is 0 Å². The van der Waals surface area contributed by atoms with E-state index in [4.69, 9.17) is 4.74 Å². The van der Waals surface area contributed by atoms with E-state index in [0.717, 1.165) is 10.9 Å². The molecule has 0 atom stereocenters. The molecular formula is C18H15NO3. The van der Waals surface area contributed by atoms with E-state index in [1.54, 1.807) is 6.07 Å². The van der Waals surface area contributed by atoms with Crippen molar-refractivity contribution in [1.82, 2.24) is 4.57 Å². The Balaban J connectivity index is 1.90. The fraction of sp³-hybridized carbons (Fsp3) is 0.111. The molecule has 0 saturated carbocycles. The third-order valence-electron chi connectivity index (χ3n) is 3.45. The highest BCUT2D eigenvalue weighted by Crippen LogP contribution is 2.20. The Morgan fingerprint density at radius 1 is 1.00 bits per heavy atom. The maximum Gasteiger partial charge on any atom is 0.355 e. The second-order valence-electron chi connectivity index (χ2n) is 5.00. The van der Waals surface area contributed by atoms with Crippen LogP contribution in [0, 0.1) is 0 Å². The van der Waals surface area contributed by atoms with Crippen molar-refractivity contribution in [2.75, 3.05) is 0 Å². The van der Waals surface area contributed by atoms with Crippen LogP contribution < -0.4 is 0 Å². The molecule has 3 rings (SSSR count). The largest absolute Gasteiger partial charge is 0.456 e. The van der Waals surface area contributed by atoms with Gasteiger partial charge in [-0.3, -0.25) is 9.36 Å². The highest BCUT2D eigenvalue weighted by atomic mass is 16.5. The zero-order chi connectivity index (χ0) is 15.5. The lowest BCUT2D eigenvalue weighted by atomic mass is 10.2. The van der Waals surface area contributed by atoms with Gasteiger partial charge >= 0.3 is 5.97 Å². The van der Waals surface area contributed by atoms with Gasteiger partial charge in [0.2, 0.25) is 5.91 Å². The van der Waals surface area contributed by atoms with Crippen LogP contribution in [0.2, 0.25) is 0 Å². The average Bonchev–Trinajstić information content (AvgIpc) is 2.93. The molecule has 110 valence electrons. The zero-order valence-electron chi connectivity index (χ0n) is 12.2. The molecule has 0 spiro atoms. The quantitative estimate of drug-likeness (QED) is 0.692. The molecule has 0 bridgehead atoms. The Bertz CT molecular complexity index is 834. The number of nitrogens with zero attached hydrogens (tertiary/aromatic N) is 1. The van der Waals surface area contributed by atoms with E-state index in [2.05, 4.69) is 0 Å². The number of esters is 1. The van der Waals surface area contributed by atoms with Crippen LogP contribution in [0.3, 0.4) is 0 Å². The van der Waals surface area contributed by atoms with E-state index in [9.17, 15) is 9.59 Å². The Morgan fingerprint density at radius 2 is 1.68 bits per heavy atom. The molecule has 0 amide bonds. The predicted octanol–water partition coefficient (Wildman–Crippen LogP) is 3.66. The van der Waals surface area contributed by atoms with Crippen LogP contribution in [0.4, 0.5) is 0 Å². The van der Waals surface area contributed by atoms with E-state index in [-0.39, 0.29) is 18.2 Å². The minimum atomic E-state index is -0.504. The number of benzene rings is 2. The topological polar surface area (TPSA) is 48.3 Å². The van der Waals surface area contributed by atoms with Gasteiger partial charge in [-0.1, -0.05) is 48.5 Å². The van der Waals surface area contributed by atoms with Crippen LogP contribution in [0.1, 0.15) is 27.8 Å². The molecule has 0 aliphatic heterocycles. The molecular weight excluding hydrogens is 278 g/mol. The maximum absolute atomic E-state index is 12.3. The number of aromatic nitrogens is 1. The number of ether oxygens (including phenoxy) is 1. The summed E-state index contributed by atoms with van der Waals surface area (Å²) in [5.41, 5.74) is 1.87. The van der Waals surface area contributed by atoms with Crippen molar-refractivity contribution in [3.8, 4) is 0 Å². The summed E-state index contributed by atoms with van der Waals surface area (Å²) in [5, 5.41) is 0.837. The Morgan fingerprint density at radius 3 is 2.41 bits per heavy atom. The maximum atomic E-state index is 12.3. The first-order valence-corrected chi connectivity index (χ1v) is 6.99. The van der Waals surface area contributed by atoms with Gasteiger partial charge < -0.3 is 4.74 Å². The summed E-state index contributed by atoms with van der Waals surface area (Å²) in [6.07, 6.45) is 0. The summed E-state index contributed by atoms with van der Waals surface area (Å²) in [6.45, 7) is 1.61. The highest BCUT2D eigenvalue weighted by Gasteiger charge is 2.19. The number of rotatable bonds is 3. The number of para-hydroxylation sites is 1. The zero-order valence-corrected chi connectivity index (χ0v) is 12.2. The molecule has 1 aromatic heterocycles. The van der Waals surface area contributed by atoms with Gasteiger partial charge in [-0.05, 0) is 17.7 Å². The lowest BCUT2D eigenvalue weighted by Gasteiger charge is -2.07. The Kier molecular flexibility index (Phi) is 3.74. The van der Waals surface area contributed by atoms with Crippen molar-refractivity contribution in [3.05, 3.63) is 71.9 Å². The van der Waals surface area contributed by atoms with Crippen molar-refractivity contribution in [1.29, 1.82) is 0 Å². The van der Waals surface area contributed by atoms with E-state index < -0.39 is 5.97 Å². The minimum Gasteiger partial charge on any atom is -0.456 e. The first-order chi connectivity index (χ1) is 10.7. The lowest BCUT2D eigenvalue weighted by molar-refractivity contribution is 0.0457. The number of carbonyl (C=O) groups excluding carboxylic acids is 2. The molecule has 4 nitrogen and oxygen atoms in total. The van der Waals surface area contributed by atoms with Crippen LogP contribution >= 0.6 is 0 Å². The van der Waals surface area contributed by atoms with Crippen molar-refractivity contribution in [3.63, 3.8) is 0 Å². The van der Waals surface area contributed by atoms with Gasteiger partial charge in [0.1, 0.15) is 12.3 Å². The monoisotopic (exact) mass is 293 g/mol.